The third-order valence-corrected chi connectivity index (χ3v) is 4.42. The molecular formula is C18H34N6O7. The van der Waals surface area contributed by atoms with Crippen LogP contribution < -0.4 is 33.2 Å². The highest BCUT2D eigenvalue weighted by Gasteiger charge is 2.30. The van der Waals surface area contributed by atoms with Crippen LogP contribution >= 0.6 is 0 Å². The Kier molecular flexibility index (Phi) is 13.0. The first kappa shape index (κ1) is 28.2. The van der Waals surface area contributed by atoms with E-state index in [1.807, 2.05) is 0 Å². The number of carbonyl (C=O) groups is 5. The van der Waals surface area contributed by atoms with Gasteiger partial charge in [0.05, 0.1) is 12.1 Å². The van der Waals surface area contributed by atoms with Gasteiger partial charge in [-0.3, -0.25) is 19.2 Å². The van der Waals surface area contributed by atoms with Crippen molar-refractivity contribution >= 4 is 29.6 Å². The number of rotatable bonds is 15. The van der Waals surface area contributed by atoms with Crippen molar-refractivity contribution in [3.8, 4) is 0 Å². The molecule has 0 aromatic rings. The number of hydrogen-bond donors (Lipinski definition) is 8. The lowest BCUT2D eigenvalue weighted by atomic mass is 10.1. The Labute approximate surface area is 180 Å². The summed E-state index contributed by atoms with van der Waals surface area (Å²) in [5.74, 6) is -4.39. The topological polar surface area (TPSA) is 240 Å². The molecule has 178 valence electrons. The first-order valence-corrected chi connectivity index (χ1v) is 9.96. The van der Waals surface area contributed by atoms with Crippen LogP contribution in [0.1, 0.15) is 46.0 Å². The van der Waals surface area contributed by atoms with Gasteiger partial charge >= 0.3 is 5.97 Å². The van der Waals surface area contributed by atoms with Crippen molar-refractivity contribution in [3.05, 3.63) is 0 Å². The maximum Gasteiger partial charge on any atom is 0.328 e. The Balaban J connectivity index is 5.06. The molecule has 0 bridgehead atoms. The highest BCUT2D eigenvalue weighted by atomic mass is 16.4. The molecule has 13 nitrogen and oxygen atoms in total. The van der Waals surface area contributed by atoms with Crippen molar-refractivity contribution in [3.63, 3.8) is 0 Å². The average Bonchev–Trinajstić information content (AvgIpc) is 2.67. The van der Waals surface area contributed by atoms with Gasteiger partial charge in [0.2, 0.25) is 23.6 Å². The number of unbranched alkanes of at least 4 members (excludes halogenated alkanes) is 1. The second-order valence-electron chi connectivity index (χ2n) is 7.25. The molecule has 0 saturated carbocycles. The molecule has 0 aliphatic heterocycles. The van der Waals surface area contributed by atoms with E-state index in [-0.39, 0.29) is 12.8 Å². The third kappa shape index (κ3) is 11.3. The zero-order chi connectivity index (χ0) is 24.1. The first-order valence-electron chi connectivity index (χ1n) is 9.96. The zero-order valence-electron chi connectivity index (χ0n) is 17.8. The lowest BCUT2D eigenvalue weighted by Crippen LogP contribution is -2.57. The van der Waals surface area contributed by atoms with Crippen LogP contribution in [0.25, 0.3) is 0 Å². The second kappa shape index (κ2) is 14.3. The van der Waals surface area contributed by atoms with Gasteiger partial charge in [-0.15, -0.1) is 0 Å². The standard InChI is InChI=1S/C18H34N6O7/c1-9(15(27)24-14(10(2)25)18(30)31)22-17(29)12(6-7-13(21)26)23-16(28)11(20)5-3-4-8-19/h9-12,14,25H,3-8,19-20H2,1-2H3,(H2,21,26)(H,22,29)(H,23,28)(H,24,27)(H,30,31). The molecule has 5 atom stereocenters. The first-order chi connectivity index (χ1) is 14.4. The highest BCUT2D eigenvalue weighted by Crippen LogP contribution is 2.03. The number of aliphatic hydroxyl groups excluding tert-OH is 1. The molecule has 0 radical (unpaired) electrons. The average molecular weight is 447 g/mol. The molecule has 31 heavy (non-hydrogen) atoms. The number of aliphatic carboxylic acids is 1. The molecule has 0 heterocycles. The van der Waals surface area contributed by atoms with E-state index in [9.17, 15) is 29.1 Å². The summed E-state index contributed by atoms with van der Waals surface area (Å²) in [6.45, 7) is 2.93. The van der Waals surface area contributed by atoms with Gasteiger partial charge in [-0.25, -0.2) is 4.79 Å². The maximum absolute atomic E-state index is 12.6. The summed E-state index contributed by atoms with van der Waals surface area (Å²) < 4.78 is 0. The lowest BCUT2D eigenvalue weighted by Gasteiger charge is -2.24. The molecule has 0 aromatic heterocycles. The number of carbonyl (C=O) groups excluding carboxylic acids is 4. The van der Waals surface area contributed by atoms with Gasteiger partial charge in [0.1, 0.15) is 12.1 Å². The van der Waals surface area contributed by atoms with Gasteiger partial charge in [-0.1, -0.05) is 6.42 Å². The largest absolute Gasteiger partial charge is 0.480 e. The highest BCUT2D eigenvalue weighted by molar-refractivity contribution is 5.94. The number of amides is 4. The molecule has 5 unspecified atom stereocenters. The fraction of sp³-hybridized carbons (Fsp3) is 0.722. The van der Waals surface area contributed by atoms with Crippen LogP contribution in [0.3, 0.4) is 0 Å². The third-order valence-electron chi connectivity index (χ3n) is 4.42. The van der Waals surface area contributed by atoms with Crippen molar-refractivity contribution in [1.82, 2.24) is 16.0 Å². The van der Waals surface area contributed by atoms with Crippen molar-refractivity contribution in [2.45, 2.75) is 76.2 Å². The smallest absolute Gasteiger partial charge is 0.328 e. The molecule has 0 spiro atoms. The molecule has 0 rings (SSSR count). The Morgan fingerprint density at radius 3 is 2.00 bits per heavy atom. The van der Waals surface area contributed by atoms with E-state index >= 15 is 0 Å². The van der Waals surface area contributed by atoms with Crippen LogP contribution in [0, 0.1) is 0 Å². The van der Waals surface area contributed by atoms with Crippen LogP contribution in [0.15, 0.2) is 0 Å². The van der Waals surface area contributed by atoms with Crippen molar-refractivity contribution in [1.29, 1.82) is 0 Å². The number of carboxylic acids is 1. The van der Waals surface area contributed by atoms with Gasteiger partial charge in [0.15, 0.2) is 6.04 Å². The van der Waals surface area contributed by atoms with Crippen LogP contribution in [0.4, 0.5) is 0 Å². The molecule has 0 aliphatic rings. The fourth-order valence-corrected chi connectivity index (χ4v) is 2.52. The van der Waals surface area contributed by atoms with Crippen LogP contribution in [0.2, 0.25) is 0 Å². The van der Waals surface area contributed by atoms with Crippen molar-refractivity contribution in [2.24, 2.45) is 17.2 Å². The normalized spacial score (nSPS) is 15.6. The SMILES string of the molecule is CC(NC(=O)C(CCC(N)=O)NC(=O)C(N)CCCCN)C(=O)NC(C(=O)O)C(C)O. The maximum atomic E-state index is 12.6. The predicted octanol–water partition coefficient (Wildman–Crippen LogP) is -3.35. The summed E-state index contributed by atoms with van der Waals surface area (Å²) in [5.41, 5.74) is 16.3. The predicted molar refractivity (Wildman–Crippen MR) is 110 cm³/mol. The molecule has 0 saturated heterocycles. The van der Waals surface area contributed by atoms with E-state index in [2.05, 4.69) is 16.0 Å². The quantitative estimate of drug-likeness (QED) is 0.117. The molecular weight excluding hydrogens is 412 g/mol. The summed E-state index contributed by atoms with van der Waals surface area (Å²) in [6, 6.07) is -4.84. The summed E-state index contributed by atoms with van der Waals surface area (Å²) >= 11 is 0. The van der Waals surface area contributed by atoms with Gasteiger partial charge in [0, 0.05) is 6.42 Å². The van der Waals surface area contributed by atoms with Crippen LogP contribution in [-0.4, -0.2) is 76.6 Å². The van der Waals surface area contributed by atoms with Crippen molar-refractivity contribution in [2.75, 3.05) is 6.54 Å². The fourth-order valence-electron chi connectivity index (χ4n) is 2.52. The summed E-state index contributed by atoms with van der Waals surface area (Å²) in [4.78, 5) is 59.2. The zero-order valence-corrected chi connectivity index (χ0v) is 17.8. The summed E-state index contributed by atoms with van der Waals surface area (Å²) in [7, 11) is 0. The number of nitrogens with two attached hydrogens (primary N) is 3. The van der Waals surface area contributed by atoms with Gasteiger partial charge in [-0.2, -0.15) is 0 Å². The molecule has 4 amide bonds. The minimum atomic E-state index is -1.57. The number of nitrogens with one attached hydrogen (secondary N) is 3. The van der Waals surface area contributed by atoms with Gasteiger partial charge in [0.25, 0.3) is 0 Å². The van der Waals surface area contributed by atoms with Gasteiger partial charge in [-0.05, 0) is 39.7 Å². The number of aliphatic hydroxyl groups is 1. The molecule has 13 heteroatoms. The number of carboxylic acid groups (broad SMARTS) is 1. The van der Waals surface area contributed by atoms with E-state index in [1.165, 1.54) is 13.8 Å². The molecule has 0 fully saturated rings. The molecule has 11 N–H and O–H groups in total. The minimum Gasteiger partial charge on any atom is -0.480 e. The van der Waals surface area contributed by atoms with E-state index < -0.39 is 59.9 Å². The Morgan fingerprint density at radius 1 is 0.903 bits per heavy atom. The summed E-state index contributed by atoms with van der Waals surface area (Å²) in [6.07, 6.45) is -0.0424. The second-order valence-corrected chi connectivity index (χ2v) is 7.25. The summed E-state index contributed by atoms with van der Waals surface area (Å²) in [5, 5.41) is 25.3. The van der Waals surface area contributed by atoms with E-state index in [4.69, 9.17) is 22.3 Å². The Bertz CT molecular complexity index is 643. The van der Waals surface area contributed by atoms with Crippen LogP contribution in [0.5, 0.6) is 0 Å². The molecule has 0 aromatic carbocycles. The molecule has 0 aliphatic carbocycles. The van der Waals surface area contributed by atoms with E-state index in [0.29, 0.717) is 25.8 Å². The Morgan fingerprint density at radius 2 is 1.52 bits per heavy atom. The number of primary amides is 1. The van der Waals surface area contributed by atoms with E-state index in [0.717, 1.165) is 0 Å². The van der Waals surface area contributed by atoms with Crippen molar-refractivity contribution < 1.29 is 34.2 Å². The monoisotopic (exact) mass is 446 g/mol. The van der Waals surface area contributed by atoms with Crippen LogP contribution in [-0.2, 0) is 24.0 Å². The Hall–Kier alpha value is -2.77. The lowest BCUT2D eigenvalue weighted by molar-refractivity contribution is -0.145. The van der Waals surface area contributed by atoms with Gasteiger partial charge < -0.3 is 43.4 Å². The van der Waals surface area contributed by atoms with E-state index in [1.54, 1.807) is 0 Å². The minimum absolute atomic E-state index is 0.123. The number of hydrogen-bond acceptors (Lipinski definition) is 8.